The predicted octanol–water partition coefficient (Wildman–Crippen LogP) is 3.63. The molecule has 0 spiro atoms. The zero-order chi connectivity index (χ0) is 21.1. The highest BCUT2D eigenvalue weighted by Crippen LogP contribution is 2.24. The highest BCUT2D eigenvalue weighted by molar-refractivity contribution is 7.18. The predicted molar refractivity (Wildman–Crippen MR) is 118 cm³/mol. The summed E-state index contributed by atoms with van der Waals surface area (Å²) < 4.78 is 2.08. The first kappa shape index (κ1) is 20.4. The summed E-state index contributed by atoms with van der Waals surface area (Å²) in [5.74, 6) is -0.372. The number of benzene rings is 1. The van der Waals surface area contributed by atoms with Crippen LogP contribution >= 0.6 is 22.9 Å². The quantitative estimate of drug-likeness (QED) is 0.634. The number of rotatable bonds is 5. The molecule has 2 aromatic heterocycles. The van der Waals surface area contributed by atoms with Gasteiger partial charge in [0.1, 0.15) is 0 Å². The van der Waals surface area contributed by atoms with Gasteiger partial charge in [0.05, 0.1) is 9.21 Å². The van der Waals surface area contributed by atoms with Gasteiger partial charge in [-0.1, -0.05) is 17.7 Å². The lowest BCUT2D eigenvalue weighted by molar-refractivity contribution is 0.0894. The van der Waals surface area contributed by atoms with Gasteiger partial charge in [-0.05, 0) is 61.7 Å². The molecule has 1 aliphatic rings. The van der Waals surface area contributed by atoms with Crippen LogP contribution in [0.4, 0.5) is 0 Å². The van der Waals surface area contributed by atoms with Gasteiger partial charge in [0.2, 0.25) is 0 Å². The maximum absolute atomic E-state index is 12.7. The van der Waals surface area contributed by atoms with Crippen LogP contribution in [0, 0.1) is 0 Å². The molecular weight excluding hydrogens is 422 g/mol. The minimum absolute atomic E-state index is 0.121. The summed E-state index contributed by atoms with van der Waals surface area (Å²) in [6, 6.07) is 15.0. The number of hydrogen-bond acceptors (Lipinski definition) is 4. The zero-order valence-electron chi connectivity index (χ0n) is 16.0. The molecule has 2 amide bonds. The monoisotopic (exact) mass is 441 g/mol. The third kappa shape index (κ3) is 4.47. The summed E-state index contributed by atoms with van der Waals surface area (Å²) >= 11 is 7.14. The van der Waals surface area contributed by atoms with Gasteiger partial charge in [-0.25, -0.2) is 0 Å². The van der Waals surface area contributed by atoms with Crippen LogP contribution in [0.3, 0.4) is 0 Å². The van der Waals surface area contributed by atoms with E-state index in [4.69, 9.17) is 11.6 Å². The topological polar surface area (TPSA) is 80.2 Å². The fraction of sp³-hybridized carbons (Fsp3) is 0.227. The van der Waals surface area contributed by atoms with Gasteiger partial charge in [0, 0.05) is 35.6 Å². The number of carbonyl (C=O) groups is 2. The van der Waals surface area contributed by atoms with Crippen molar-refractivity contribution >= 4 is 34.8 Å². The molecule has 0 saturated heterocycles. The molecule has 1 aliphatic carbocycles. The fourth-order valence-corrected chi connectivity index (χ4v) is 4.59. The van der Waals surface area contributed by atoms with Crippen molar-refractivity contribution < 1.29 is 9.59 Å². The largest absolute Gasteiger partial charge is 0.347 e. The maximum atomic E-state index is 12.7. The zero-order valence-corrected chi connectivity index (χ0v) is 17.6. The first-order chi connectivity index (χ1) is 14.5. The molecule has 0 aliphatic heterocycles. The molecule has 0 bridgehead atoms. The normalized spacial score (nSPS) is 18.2. The highest BCUT2D eigenvalue weighted by Gasteiger charge is 2.30. The SMILES string of the molecule is O=C(NC1CCC[C@@H]1NC(=O)c1ccc(Cl)s1)c1ccc(-n2ccccc2=O)cc1. The number of hydrogen-bond donors (Lipinski definition) is 2. The molecule has 1 fully saturated rings. The minimum atomic E-state index is -0.202. The second kappa shape index (κ2) is 8.85. The standard InChI is InChI=1S/C22H20ClN3O3S/c23-19-12-11-18(30-19)22(29)25-17-5-3-4-16(17)24-21(28)14-7-9-15(10-8-14)26-13-2-1-6-20(26)27/h1-2,6-13,16-17H,3-5H2,(H,24,28)(H,25,29)/t16?,17-/m0/s1. The Morgan fingerprint density at radius 1 is 0.933 bits per heavy atom. The van der Waals surface area contributed by atoms with Crippen LogP contribution in [-0.4, -0.2) is 28.5 Å². The van der Waals surface area contributed by atoms with Gasteiger partial charge in [0.15, 0.2) is 0 Å². The average Bonchev–Trinajstić information content (AvgIpc) is 3.37. The lowest BCUT2D eigenvalue weighted by atomic mass is 10.1. The van der Waals surface area contributed by atoms with E-state index in [2.05, 4.69) is 10.6 Å². The maximum Gasteiger partial charge on any atom is 0.261 e. The van der Waals surface area contributed by atoms with Gasteiger partial charge in [-0.15, -0.1) is 11.3 Å². The van der Waals surface area contributed by atoms with Crippen molar-refractivity contribution in [3.8, 4) is 5.69 Å². The Balaban J connectivity index is 1.41. The van der Waals surface area contributed by atoms with E-state index >= 15 is 0 Å². The fourth-order valence-electron chi connectivity index (χ4n) is 3.65. The number of thiophene rings is 1. The number of carbonyl (C=O) groups excluding carboxylic acids is 2. The molecule has 30 heavy (non-hydrogen) atoms. The summed E-state index contributed by atoms with van der Waals surface area (Å²) in [4.78, 5) is 37.6. The van der Waals surface area contributed by atoms with Gasteiger partial charge < -0.3 is 10.6 Å². The van der Waals surface area contributed by atoms with Crippen LogP contribution in [-0.2, 0) is 0 Å². The Hall–Kier alpha value is -2.90. The van der Waals surface area contributed by atoms with E-state index in [9.17, 15) is 14.4 Å². The van der Waals surface area contributed by atoms with Crippen molar-refractivity contribution in [3.05, 3.63) is 85.9 Å². The van der Waals surface area contributed by atoms with Crippen molar-refractivity contribution in [3.63, 3.8) is 0 Å². The molecule has 154 valence electrons. The van der Waals surface area contributed by atoms with Crippen LogP contribution < -0.4 is 16.2 Å². The Bertz CT molecular complexity index is 1120. The van der Waals surface area contributed by atoms with Crippen molar-refractivity contribution in [2.75, 3.05) is 0 Å². The third-order valence-corrected chi connectivity index (χ3v) is 6.41. The number of aromatic nitrogens is 1. The van der Waals surface area contributed by atoms with E-state index in [0.29, 0.717) is 20.5 Å². The highest BCUT2D eigenvalue weighted by atomic mass is 35.5. The number of amides is 2. The molecule has 2 N–H and O–H groups in total. The van der Waals surface area contributed by atoms with Gasteiger partial charge in [0.25, 0.3) is 17.4 Å². The van der Waals surface area contributed by atoms with E-state index in [-0.39, 0.29) is 29.5 Å². The van der Waals surface area contributed by atoms with Crippen molar-refractivity contribution in [1.29, 1.82) is 0 Å². The number of nitrogens with zero attached hydrogens (tertiary/aromatic N) is 1. The first-order valence-corrected chi connectivity index (χ1v) is 10.9. The first-order valence-electron chi connectivity index (χ1n) is 9.66. The molecule has 0 radical (unpaired) electrons. The van der Waals surface area contributed by atoms with Crippen LogP contribution in [0.25, 0.3) is 5.69 Å². The average molecular weight is 442 g/mol. The molecule has 1 unspecified atom stereocenters. The Kier molecular flexibility index (Phi) is 6.01. The van der Waals surface area contributed by atoms with E-state index in [1.54, 1.807) is 54.7 Å². The summed E-state index contributed by atoms with van der Waals surface area (Å²) in [6.07, 6.45) is 4.23. The molecule has 2 heterocycles. The van der Waals surface area contributed by atoms with Crippen LogP contribution in [0.2, 0.25) is 4.34 Å². The molecule has 8 heteroatoms. The number of pyridine rings is 1. The molecule has 6 nitrogen and oxygen atoms in total. The van der Waals surface area contributed by atoms with Crippen molar-refractivity contribution in [1.82, 2.24) is 15.2 Å². The lowest BCUT2D eigenvalue weighted by Gasteiger charge is -2.22. The van der Waals surface area contributed by atoms with E-state index in [1.165, 1.54) is 22.0 Å². The lowest BCUT2D eigenvalue weighted by Crippen LogP contribution is -2.48. The van der Waals surface area contributed by atoms with Gasteiger partial charge >= 0.3 is 0 Å². The molecule has 4 rings (SSSR count). The van der Waals surface area contributed by atoms with E-state index < -0.39 is 0 Å². The molecule has 3 aromatic rings. The van der Waals surface area contributed by atoms with Crippen molar-refractivity contribution in [2.45, 2.75) is 31.3 Å². The van der Waals surface area contributed by atoms with Crippen LogP contribution in [0.15, 0.2) is 65.6 Å². The molecule has 1 aromatic carbocycles. The van der Waals surface area contributed by atoms with Crippen molar-refractivity contribution in [2.24, 2.45) is 0 Å². The summed E-state index contributed by atoms with van der Waals surface area (Å²) in [5, 5.41) is 6.05. The van der Waals surface area contributed by atoms with Crippen LogP contribution in [0.5, 0.6) is 0 Å². The third-order valence-electron chi connectivity index (χ3n) is 5.18. The second-order valence-corrected chi connectivity index (χ2v) is 8.87. The molecule has 2 atom stereocenters. The van der Waals surface area contributed by atoms with Gasteiger partial charge in [-0.3, -0.25) is 19.0 Å². The minimum Gasteiger partial charge on any atom is -0.347 e. The number of halogens is 1. The van der Waals surface area contributed by atoms with E-state index in [1.807, 2.05) is 0 Å². The molecule has 1 saturated carbocycles. The Labute approximate surface area is 182 Å². The Morgan fingerprint density at radius 2 is 1.63 bits per heavy atom. The van der Waals surface area contributed by atoms with E-state index in [0.717, 1.165) is 19.3 Å². The summed E-state index contributed by atoms with van der Waals surface area (Å²) in [6.45, 7) is 0. The van der Waals surface area contributed by atoms with Gasteiger partial charge in [-0.2, -0.15) is 0 Å². The van der Waals surface area contributed by atoms with Crippen LogP contribution in [0.1, 0.15) is 39.3 Å². The molecular formula is C22H20ClN3O3S. The summed E-state index contributed by atoms with van der Waals surface area (Å²) in [7, 11) is 0. The summed E-state index contributed by atoms with van der Waals surface area (Å²) in [5.41, 5.74) is 1.06. The smallest absolute Gasteiger partial charge is 0.261 e. The Morgan fingerprint density at radius 3 is 2.27 bits per heavy atom. The number of nitrogens with one attached hydrogen (secondary N) is 2. The second-order valence-electron chi connectivity index (χ2n) is 7.15.